The molecule has 1 unspecified atom stereocenters. The lowest BCUT2D eigenvalue weighted by Gasteiger charge is -2.27. The van der Waals surface area contributed by atoms with E-state index in [0.29, 0.717) is 12.1 Å². The fourth-order valence-corrected chi connectivity index (χ4v) is 3.18. The molecule has 0 saturated carbocycles. The van der Waals surface area contributed by atoms with E-state index < -0.39 is 0 Å². The first-order chi connectivity index (χ1) is 9.56. The Morgan fingerprint density at radius 1 is 1.15 bits per heavy atom. The number of hydrogen-bond donors (Lipinski definition) is 1. The number of hydrogen-bond acceptors (Lipinski definition) is 3. The number of nitrogens with one attached hydrogen (secondary N) is 1. The summed E-state index contributed by atoms with van der Waals surface area (Å²) in [5.74, 6) is 0. The Labute approximate surface area is 129 Å². The molecule has 1 heterocycles. The number of unbranched alkanes of at least 4 members (excludes halogenated alkanes) is 1. The summed E-state index contributed by atoms with van der Waals surface area (Å²) in [6.07, 6.45) is 3.81. The van der Waals surface area contributed by atoms with Crippen molar-refractivity contribution in [2.24, 2.45) is 0 Å². The maximum Gasteiger partial charge on any atom is 0.0330 e. The number of rotatable bonds is 10. The summed E-state index contributed by atoms with van der Waals surface area (Å²) in [7, 11) is 0. The van der Waals surface area contributed by atoms with E-state index in [1.807, 2.05) is 11.3 Å². The van der Waals surface area contributed by atoms with Crippen LogP contribution in [0.3, 0.4) is 0 Å². The lowest BCUT2D eigenvalue weighted by Crippen LogP contribution is -2.32. The molecule has 1 rings (SSSR count). The van der Waals surface area contributed by atoms with Crippen molar-refractivity contribution in [3.05, 3.63) is 21.9 Å². The molecule has 3 heteroatoms. The van der Waals surface area contributed by atoms with Gasteiger partial charge in [-0.1, -0.05) is 34.1 Å². The predicted octanol–water partition coefficient (Wildman–Crippen LogP) is 4.65. The first-order valence-electron chi connectivity index (χ1n) is 8.11. The van der Waals surface area contributed by atoms with Crippen molar-refractivity contribution in [2.75, 3.05) is 6.54 Å². The van der Waals surface area contributed by atoms with Gasteiger partial charge in [0.1, 0.15) is 0 Å². The van der Waals surface area contributed by atoms with Crippen LogP contribution in [0.2, 0.25) is 0 Å². The Balaban J connectivity index is 2.54. The van der Waals surface area contributed by atoms with Crippen LogP contribution in [-0.2, 0) is 13.1 Å². The van der Waals surface area contributed by atoms with E-state index >= 15 is 0 Å². The summed E-state index contributed by atoms with van der Waals surface area (Å²) < 4.78 is 0. The van der Waals surface area contributed by atoms with Crippen molar-refractivity contribution < 1.29 is 0 Å². The number of nitrogens with zero attached hydrogens (tertiary/aromatic N) is 1. The van der Waals surface area contributed by atoms with E-state index in [1.54, 1.807) is 0 Å². The Morgan fingerprint density at radius 2 is 1.85 bits per heavy atom. The van der Waals surface area contributed by atoms with Crippen LogP contribution in [-0.4, -0.2) is 23.5 Å². The van der Waals surface area contributed by atoms with Gasteiger partial charge in [-0.05, 0) is 38.4 Å². The third-order valence-electron chi connectivity index (χ3n) is 3.77. The average Bonchev–Trinajstić information content (AvgIpc) is 2.88. The molecule has 0 bridgehead atoms. The zero-order valence-electron chi connectivity index (χ0n) is 13.9. The summed E-state index contributed by atoms with van der Waals surface area (Å²) in [6, 6.07) is 5.83. The molecule has 0 amide bonds. The first kappa shape index (κ1) is 17.7. The Hall–Kier alpha value is -0.380. The minimum absolute atomic E-state index is 0.557. The molecule has 0 spiro atoms. The normalized spacial score (nSPS) is 13.3. The van der Waals surface area contributed by atoms with Crippen molar-refractivity contribution in [3.63, 3.8) is 0 Å². The molecule has 1 aromatic heterocycles. The molecule has 1 N–H and O–H groups in total. The standard InChI is InChI=1S/C17H32N2S/c1-6-8-11-19(15(5)7-2)13-17-10-9-16(20-17)12-18-14(3)4/h9-10,14-15,18H,6-8,11-13H2,1-5H3. The first-order valence-corrected chi connectivity index (χ1v) is 8.93. The third kappa shape index (κ3) is 6.38. The monoisotopic (exact) mass is 296 g/mol. The molecule has 0 aliphatic carbocycles. The van der Waals surface area contributed by atoms with Crippen LogP contribution in [0.15, 0.2) is 12.1 Å². The minimum Gasteiger partial charge on any atom is -0.310 e. The quantitative estimate of drug-likeness (QED) is 0.676. The Kier molecular flexibility index (Phi) is 8.43. The van der Waals surface area contributed by atoms with Crippen molar-refractivity contribution in [2.45, 2.75) is 79.1 Å². The van der Waals surface area contributed by atoms with Crippen molar-refractivity contribution in [1.29, 1.82) is 0 Å². The van der Waals surface area contributed by atoms with Crippen LogP contribution in [0.5, 0.6) is 0 Å². The maximum absolute atomic E-state index is 3.49. The molecule has 1 atom stereocenters. The second kappa shape index (κ2) is 9.54. The van der Waals surface area contributed by atoms with Gasteiger partial charge in [0.2, 0.25) is 0 Å². The molecule has 116 valence electrons. The van der Waals surface area contributed by atoms with Gasteiger partial charge in [-0.2, -0.15) is 0 Å². The molecule has 0 saturated heterocycles. The second-order valence-electron chi connectivity index (χ2n) is 5.98. The SMILES string of the molecule is CCCCN(Cc1ccc(CNC(C)C)s1)C(C)CC. The minimum atomic E-state index is 0.557. The predicted molar refractivity (Wildman–Crippen MR) is 91.4 cm³/mol. The lowest BCUT2D eigenvalue weighted by molar-refractivity contribution is 0.194. The molecule has 0 aromatic carbocycles. The molecule has 0 fully saturated rings. The second-order valence-corrected chi connectivity index (χ2v) is 7.24. The van der Waals surface area contributed by atoms with Crippen molar-refractivity contribution in [1.82, 2.24) is 10.2 Å². The van der Waals surface area contributed by atoms with Crippen LogP contribution in [0.1, 0.15) is 63.6 Å². The van der Waals surface area contributed by atoms with E-state index in [-0.39, 0.29) is 0 Å². The number of thiophene rings is 1. The molecule has 0 aliphatic rings. The summed E-state index contributed by atoms with van der Waals surface area (Å²) in [5, 5.41) is 3.49. The average molecular weight is 297 g/mol. The van der Waals surface area contributed by atoms with E-state index in [9.17, 15) is 0 Å². The van der Waals surface area contributed by atoms with Gasteiger partial charge in [-0.3, -0.25) is 4.90 Å². The van der Waals surface area contributed by atoms with E-state index in [2.05, 4.69) is 57.0 Å². The van der Waals surface area contributed by atoms with Gasteiger partial charge in [-0.25, -0.2) is 0 Å². The van der Waals surface area contributed by atoms with Crippen molar-refractivity contribution in [3.8, 4) is 0 Å². The Morgan fingerprint density at radius 3 is 2.45 bits per heavy atom. The highest BCUT2D eigenvalue weighted by molar-refractivity contribution is 7.11. The fraction of sp³-hybridized carbons (Fsp3) is 0.765. The summed E-state index contributed by atoms with van der Waals surface area (Å²) >= 11 is 1.96. The van der Waals surface area contributed by atoms with Crippen LogP contribution in [0.25, 0.3) is 0 Å². The largest absolute Gasteiger partial charge is 0.310 e. The van der Waals surface area contributed by atoms with E-state index in [4.69, 9.17) is 0 Å². The molecule has 0 radical (unpaired) electrons. The molecular weight excluding hydrogens is 264 g/mol. The van der Waals surface area contributed by atoms with Gasteiger partial charge in [0, 0.05) is 34.9 Å². The zero-order valence-corrected chi connectivity index (χ0v) is 14.7. The summed E-state index contributed by atoms with van der Waals surface area (Å²) in [5.41, 5.74) is 0. The Bertz CT molecular complexity index is 360. The molecule has 0 aliphatic heterocycles. The highest BCUT2D eigenvalue weighted by atomic mass is 32.1. The van der Waals surface area contributed by atoms with Crippen LogP contribution < -0.4 is 5.32 Å². The van der Waals surface area contributed by atoms with Gasteiger partial charge in [0.15, 0.2) is 0 Å². The molecule has 2 nitrogen and oxygen atoms in total. The van der Waals surface area contributed by atoms with Gasteiger partial charge in [0.05, 0.1) is 0 Å². The molecule has 1 aromatic rings. The third-order valence-corrected chi connectivity index (χ3v) is 4.84. The van der Waals surface area contributed by atoms with Crippen LogP contribution in [0.4, 0.5) is 0 Å². The van der Waals surface area contributed by atoms with Gasteiger partial charge < -0.3 is 5.32 Å². The van der Waals surface area contributed by atoms with Crippen LogP contribution >= 0.6 is 11.3 Å². The van der Waals surface area contributed by atoms with Gasteiger partial charge >= 0.3 is 0 Å². The molecular formula is C17H32N2S. The topological polar surface area (TPSA) is 15.3 Å². The summed E-state index contributed by atoms with van der Waals surface area (Å²) in [6.45, 7) is 14.6. The molecule has 20 heavy (non-hydrogen) atoms. The van der Waals surface area contributed by atoms with Crippen molar-refractivity contribution >= 4 is 11.3 Å². The zero-order chi connectivity index (χ0) is 15.0. The van der Waals surface area contributed by atoms with E-state index in [1.165, 1.54) is 35.6 Å². The smallest absolute Gasteiger partial charge is 0.0330 e. The highest BCUT2D eigenvalue weighted by Gasteiger charge is 2.13. The van der Waals surface area contributed by atoms with E-state index in [0.717, 1.165) is 13.1 Å². The maximum atomic E-state index is 3.49. The fourth-order valence-electron chi connectivity index (χ4n) is 2.18. The highest BCUT2D eigenvalue weighted by Crippen LogP contribution is 2.20. The van der Waals surface area contributed by atoms with Gasteiger partial charge in [-0.15, -0.1) is 11.3 Å². The van der Waals surface area contributed by atoms with Crippen LogP contribution in [0, 0.1) is 0 Å². The lowest BCUT2D eigenvalue weighted by atomic mass is 10.2. The summed E-state index contributed by atoms with van der Waals surface area (Å²) in [4.78, 5) is 5.59. The van der Waals surface area contributed by atoms with Gasteiger partial charge in [0.25, 0.3) is 0 Å².